The lowest BCUT2D eigenvalue weighted by atomic mass is 10.2. The Labute approximate surface area is 105 Å². The lowest BCUT2D eigenvalue weighted by Gasteiger charge is -2.04. The summed E-state index contributed by atoms with van der Waals surface area (Å²) < 4.78 is 2.15. The molecule has 18 heavy (non-hydrogen) atoms. The molecule has 0 radical (unpaired) electrons. The van der Waals surface area contributed by atoms with E-state index < -0.39 is 0 Å². The number of fused-ring (bicyclic) bond motifs is 1. The third kappa shape index (κ3) is 1.89. The van der Waals surface area contributed by atoms with Gasteiger partial charge in [-0.3, -0.25) is 4.98 Å². The van der Waals surface area contributed by atoms with E-state index in [1.54, 1.807) is 6.20 Å². The fourth-order valence-corrected chi connectivity index (χ4v) is 2.27. The van der Waals surface area contributed by atoms with E-state index in [2.05, 4.69) is 21.7 Å². The highest BCUT2D eigenvalue weighted by Gasteiger charge is 2.07. The first kappa shape index (κ1) is 11.0. The van der Waals surface area contributed by atoms with Gasteiger partial charge in [-0.2, -0.15) is 0 Å². The van der Waals surface area contributed by atoms with Crippen LogP contribution in [-0.4, -0.2) is 14.7 Å². The summed E-state index contributed by atoms with van der Waals surface area (Å²) in [5.74, 6) is 0. The predicted octanol–water partition coefficient (Wildman–Crippen LogP) is 2.58. The number of aliphatic hydroxyl groups is 1. The van der Waals surface area contributed by atoms with Gasteiger partial charge >= 0.3 is 0 Å². The van der Waals surface area contributed by atoms with Crippen LogP contribution in [0.1, 0.15) is 11.1 Å². The largest absolute Gasteiger partial charge is 0.392 e. The zero-order chi connectivity index (χ0) is 12.4. The minimum atomic E-state index is 0.0700. The minimum absolute atomic E-state index is 0.0700. The molecule has 0 bridgehead atoms. The molecular weight excluding hydrogens is 224 g/mol. The van der Waals surface area contributed by atoms with Gasteiger partial charge in [0.05, 0.1) is 6.61 Å². The molecule has 0 saturated carbocycles. The second-order valence-corrected chi connectivity index (χ2v) is 4.32. The van der Waals surface area contributed by atoms with Crippen LogP contribution >= 0.6 is 0 Å². The molecule has 0 aliphatic heterocycles. The fourth-order valence-electron chi connectivity index (χ4n) is 2.27. The summed E-state index contributed by atoms with van der Waals surface area (Å²) in [6, 6.07) is 12.1. The molecule has 1 aromatic carbocycles. The number of hydrogen-bond donors (Lipinski definition) is 1. The van der Waals surface area contributed by atoms with Crippen LogP contribution in [0.15, 0.2) is 55.0 Å². The van der Waals surface area contributed by atoms with Crippen molar-refractivity contribution in [2.75, 3.05) is 0 Å². The first-order valence-corrected chi connectivity index (χ1v) is 5.95. The maximum absolute atomic E-state index is 9.39. The summed E-state index contributed by atoms with van der Waals surface area (Å²) in [5.41, 5.74) is 3.27. The summed E-state index contributed by atoms with van der Waals surface area (Å²) in [5, 5.41) is 10.5. The Morgan fingerprint density at radius 2 is 2.00 bits per heavy atom. The number of hydrogen-bond acceptors (Lipinski definition) is 2. The van der Waals surface area contributed by atoms with E-state index in [1.807, 2.05) is 36.7 Å². The number of aromatic nitrogens is 2. The molecule has 0 fully saturated rings. The third-order valence-corrected chi connectivity index (χ3v) is 3.12. The van der Waals surface area contributed by atoms with Crippen molar-refractivity contribution >= 4 is 10.9 Å². The van der Waals surface area contributed by atoms with Crippen LogP contribution in [0, 0.1) is 0 Å². The highest BCUT2D eigenvalue weighted by atomic mass is 16.3. The van der Waals surface area contributed by atoms with Gasteiger partial charge < -0.3 is 9.67 Å². The lowest BCUT2D eigenvalue weighted by molar-refractivity contribution is 0.283. The number of nitrogens with zero attached hydrogens (tertiary/aromatic N) is 2. The van der Waals surface area contributed by atoms with Gasteiger partial charge in [0, 0.05) is 41.6 Å². The van der Waals surface area contributed by atoms with E-state index in [0.717, 1.165) is 28.6 Å². The molecule has 0 aliphatic rings. The van der Waals surface area contributed by atoms with Crippen LogP contribution in [-0.2, 0) is 13.2 Å². The van der Waals surface area contributed by atoms with Gasteiger partial charge in [0.25, 0.3) is 0 Å². The topological polar surface area (TPSA) is 38.0 Å². The molecule has 90 valence electrons. The molecule has 3 nitrogen and oxygen atoms in total. The molecule has 0 spiro atoms. The van der Waals surface area contributed by atoms with E-state index in [0.29, 0.717) is 0 Å². The van der Waals surface area contributed by atoms with Gasteiger partial charge in [-0.15, -0.1) is 0 Å². The third-order valence-electron chi connectivity index (χ3n) is 3.12. The highest BCUT2D eigenvalue weighted by molar-refractivity contribution is 5.83. The summed E-state index contributed by atoms with van der Waals surface area (Å²) >= 11 is 0. The first-order valence-electron chi connectivity index (χ1n) is 5.95. The zero-order valence-electron chi connectivity index (χ0n) is 9.95. The molecule has 1 N–H and O–H groups in total. The minimum Gasteiger partial charge on any atom is -0.392 e. The number of benzene rings is 1. The Morgan fingerprint density at radius 1 is 1.11 bits per heavy atom. The zero-order valence-corrected chi connectivity index (χ0v) is 9.95. The first-order chi connectivity index (χ1) is 8.88. The maximum atomic E-state index is 9.39. The number of para-hydroxylation sites is 1. The molecule has 3 aromatic rings. The van der Waals surface area contributed by atoms with Crippen LogP contribution in [0.5, 0.6) is 0 Å². The standard InChI is InChI=1S/C15H14N2O/c18-11-13-10-17(9-12-4-3-7-16-8-12)15-6-2-1-5-14(13)15/h1-8,10,18H,9,11H2. The van der Waals surface area contributed by atoms with Crippen molar-refractivity contribution in [3.63, 3.8) is 0 Å². The van der Waals surface area contributed by atoms with Gasteiger partial charge in [0.2, 0.25) is 0 Å². The van der Waals surface area contributed by atoms with Gasteiger partial charge in [-0.05, 0) is 17.7 Å². The van der Waals surface area contributed by atoms with E-state index in [1.165, 1.54) is 0 Å². The Bertz CT molecular complexity index is 659. The van der Waals surface area contributed by atoms with Crippen molar-refractivity contribution in [2.24, 2.45) is 0 Å². The van der Waals surface area contributed by atoms with Crippen LogP contribution in [0.3, 0.4) is 0 Å². The van der Waals surface area contributed by atoms with Crippen LogP contribution in [0.25, 0.3) is 10.9 Å². The average Bonchev–Trinajstić information content (AvgIpc) is 2.78. The molecule has 2 aromatic heterocycles. The van der Waals surface area contributed by atoms with E-state index >= 15 is 0 Å². The quantitative estimate of drug-likeness (QED) is 0.761. The molecule has 0 amide bonds. The Morgan fingerprint density at radius 3 is 2.78 bits per heavy atom. The van der Waals surface area contributed by atoms with Crippen molar-refractivity contribution in [1.29, 1.82) is 0 Å². The SMILES string of the molecule is OCc1cn(Cc2cccnc2)c2ccccc12. The summed E-state index contributed by atoms with van der Waals surface area (Å²) in [4.78, 5) is 4.13. The molecule has 0 aliphatic carbocycles. The Hall–Kier alpha value is -2.13. The lowest BCUT2D eigenvalue weighted by Crippen LogP contribution is -1.97. The molecular formula is C15H14N2O. The molecule has 0 saturated heterocycles. The molecule has 3 heteroatoms. The molecule has 3 rings (SSSR count). The van der Waals surface area contributed by atoms with Crippen LogP contribution < -0.4 is 0 Å². The fraction of sp³-hybridized carbons (Fsp3) is 0.133. The van der Waals surface area contributed by atoms with Crippen molar-refractivity contribution < 1.29 is 5.11 Å². The van der Waals surface area contributed by atoms with E-state index in [4.69, 9.17) is 0 Å². The van der Waals surface area contributed by atoms with Crippen molar-refractivity contribution in [3.8, 4) is 0 Å². The number of pyridine rings is 1. The molecule has 0 atom stereocenters. The normalized spacial score (nSPS) is 10.9. The van der Waals surface area contributed by atoms with E-state index in [-0.39, 0.29) is 6.61 Å². The summed E-state index contributed by atoms with van der Waals surface area (Å²) in [6.07, 6.45) is 5.65. The van der Waals surface area contributed by atoms with E-state index in [9.17, 15) is 5.11 Å². The van der Waals surface area contributed by atoms with Gasteiger partial charge in [0.1, 0.15) is 0 Å². The maximum Gasteiger partial charge on any atom is 0.0702 e. The Balaban J connectivity index is 2.07. The monoisotopic (exact) mass is 238 g/mol. The summed E-state index contributed by atoms with van der Waals surface area (Å²) in [6.45, 7) is 0.842. The number of aliphatic hydroxyl groups excluding tert-OH is 1. The van der Waals surface area contributed by atoms with Gasteiger partial charge in [-0.25, -0.2) is 0 Å². The summed E-state index contributed by atoms with van der Waals surface area (Å²) in [7, 11) is 0. The Kier molecular flexibility index (Phi) is 2.82. The van der Waals surface area contributed by atoms with Crippen molar-refractivity contribution in [1.82, 2.24) is 9.55 Å². The molecule has 2 heterocycles. The van der Waals surface area contributed by atoms with Gasteiger partial charge in [-0.1, -0.05) is 24.3 Å². The van der Waals surface area contributed by atoms with Crippen molar-refractivity contribution in [3.05, 3.63) is 66.1 Å². The van der Waals surface area contributed by atoms with Crippen molar-refractivity contribution in [2.45, 2.75) is 13.2 Å². The van der Waals surface area contributed by atoms with Crippen LogP contribution in [0.2, 0.25) is 0 Å². The molecule has 0 unspecified atom stereocenters. The second-order valence-electron chi connectivity index (χ2n) is 4.32. The average molecular weight is 238 g/mol. The predicted molar refractivity (Wildman–Crippen MR) is 71.2 cm³/mol. The number of rotatable bonds is 3. The second kappa shape index (κ2) is 4.63. The highest BCUT2D eigenvalue weighted by Crippen LogP contribution is 2.22. The van der Waals surface area contributed by atoms with Gasteiger partial charge in [0.15, 0.2) is 0 Å². The smallest absolute Gasteiger partial charge is 0.0702 e. The van der Waals surface area contributed by atoms with Crippen LogP contribution in [0.4, 0.5) is 0 Å².